The highest BCUT2D eigenvalue weighted by Gasteiger charge is 2.51. The molecule has 0 amide bonds. The first-order valence-corrected chi connectivity index (χ1v) is 34.9. The van der Waals surface area contributed by atoms with E-state index in [1.807, 2.05) is 0 Å². The molecular formula is C88H86N4. The number of benzene rings is 8. The number of hydrogen-bond donors (Lipinski definition) is 0. The van der Waals surface area contributed by atoms with Gasteiger partial charge in [-0.3, -0.25) is 0 Å². The van der Waals surface area contributed by atoms with Crippen molar-refractivity contribution in [1.29, 1.82) is 0 Å². The summed E-state index contributed by atoms with van der Waals surface area (Å²) in [6.45, 7) is 17.4. The lowest BCUT2D eigenvalue weighted by atomic mass is 9.52. The SMILES string of the molecule is CCN1C2=C(C=C(c3ccc(C4(c5ccc(-c6ccc7c(c6)c6ccccc6n7C)cc5)CCCC(C5=CCC(C)(c6ccc7c(c6)c6ccccc6n7CC)C=C5)(c5ccc(-c6ccc7c(c6)c6c(n7CC)CCC=C6)cc5)C4)cc3)C(C)C2)C2(C)CCC=CC12. The molecular weight excluding hydrogens is 1110 g/mol. The summed E-state index contributed by atoms with van der Waals surface area (Å²) in [7, 11) is 2.20. The molecule has 8 aromatic carbocycles. The van der Waals surface area contributed by atoms with Crippen molar-refractivity contribution in [2.24, 2.45) is 18.4 Å². The second-order valence-corrected chi connectivity index (χ2v) is 28.8. The van der Waals surface area contributed by atoms with E-state index in [0.717, 1.165) is 77.4 Å². The minimum Gasteiger partial charge on any atom is -0.368 e. The Bertz CT molecular complexity index is 5000. The van der Waals surface area contributed by atoms with Crippen LogP contribution in [0.25, 0.3) is 88.4 Å². The third-order valence-electron chi connectivity index (χ3n) is 24.2. The van der Waals surface area contributed by atoms with Crippen LogP contribution in [0.2, 0.25) is 0 Å². The fraction of sp³-hybridized carbons (Fsp3) is 0.295. The molecule has 6 aliphatic rings. The average molecular weight is 1200 g/mol. The van der Waals surface area contributed by atoms with Crippen molar-refractivity contribution in [1.82, 2.24) is 18.6 Å². The van der Waals surface area contributed by atoms with Gasteiger partial charge in [-0.05, 0) is 200 Å². The van der Waals surface area contributed by atoms with Gasteiger partial charge in [0.1, 0.15) is 0 Å². The molecule has 17 rings (SSSR count). The molecule has 0 radical (unpaired) electrons. The molecule has 0 spiro atoms. The first-order chi connectivity index (χ1) is 44.9. The van der Waals surface area contributed by atoms with Gasteiger partial charge < -0.3 is 18.6 Å². The van der Waals surface area contributed by atoms with Crippen molar-refractivity contribution >= 4 is 66.2 Å². The van der Waals surface area contributed by atoms with Gasteiger partial charge in [0.25, 0.3) is 0 Å². The van der Waals surface area contributed by atoms with E-state index in [-0.39, 0.29) is 21.7 Å². The molecule has 4 heteroatoms. The van der Waals surface area contributed by atoms with E-state index in [9.17, 15) is 0 Å². The molecule has 5 aliphatic carbocycles. The van der Waals surface area contributed by atoms with Crippen LogP contribution in [0.1, 0.15) is 138 Å². The lowest BCUT2D eigenvalue weighted by Crippen LogP contribution is -2.44. The summed E-state index contributed by atoms with van der Waals surface area (Å²) in [4.78, 5) is 2.73. The zero-order valence-corrected chi connectivity index (χ0v) is 55.0. The first kappa shape index (κ1) is 57.1. The van der Waals surface area contributed by atoms with Gasteiger partial charge in [0.05, 0.1) is 6.04 Å². The van der Waals surface area contributed by atoms with Crippen LogP contribution in [0.5, 0.6) is 0 Å². The summed E-state index contributed by atoms with van der Waals surface area (Å²) in [6, 6.07) is 70.0. The topological polar surface area (TPSA) is 18.0 Å². The highest BCUT2D eigenvalue weighted by Crippen LogP contribution is 2.59. The Hall–Kier alpha value is -8.86. The Kier molecular flexibility index (Phi) is 13.4. The molecule has 4 nitrogen and oxygen atoms in total. The van der Waals surface area contributed by atoms with Crippen LogP contribution < -0.4 is 0 Å². The molecule has 0 bridgehead atoms. The van der Waals surface area contributed by atoms with Gasteiger partial charge in [-0.15, -0.1) is 0 Å². The van der Waals surface area contributed by atoms with Crippen LogP contribution in [0.4, 0.5) is 0 Å². The maximum Gasteiger partial charge on any atom is 0.0564 e. The summed E-state index contributed by atoms with van der Waals surface area (Å²) >= 11 is 0. The van der Waals surface area contributed by atoms with Crippen molar-refractivity contribution in [2.75, 3.05) is 6.54 Å². The molecule has 1 saturated carbocycles. The van der Waals surface area contributed by atoms with Crippen LogP contribution in [-0.2, 0) is 42.8 Å². The minimum absolute atomic E-state index is 0.141. The highest BCUT2D eigenvalue weighted by molar-refractivity contribution is 6.10. The number of hydrogen-bond acceptors (Lipinski definition) is 1. The summed E-state index contributed by atoms with van der Waals surface area (Å²) < 4.78 is 7.37. The lowest BCUT2D eigenvalue weighted by Gasteiger charge is -2.51. The smallest absolute Gasteiger partial charge is 0.0564 e. The second kappa shape index (κ2) is 21.6. The molecule has 0 saturated heterocycles. The standard InChI is InChI=1S/C88H86N4/c1-8-90-79-24-15-12-21-70(79)74-54-63(34-43-81(74)90)60-29-37-65(38-30-60)88(67-45-50-85(5,51-46-67)68-41-44-82-75(55-68)71-22-13-16-25-80(71)91(82)9-2)49-19-48-87(57-88,64-35-27-59(28-36-64)62-33-42-78-73(53-62)69-20-11-14-23-77(69)89(78)7)66-39-31-61(32-40-66)72-56-76-83(52-58(72)4)92(10-3)84-26-17-18-47-86(76,84)6/h11-14,16-17,20-23,25-46,50,53-56,58,84H,8-10,15,18-19,24,47-49,51-52,57H2,1-7H3. The number of allylic oxidation sites excluding steroid dienone is 9. The Morgan fingerprint density at radius 3 is 1.78 bits per heavy atom. The number of aryl methyl sites for hydroxylation is 3. The molecule has 458 valence electrons. The van der Waals surface area contributed by atoms with Gasteiger partial charge >= 0.3 is 0 Å². The molecule has 3 aromatic heterocycles. The number of para-hydroxylation sites is 2. The predicted octanol–water partition coefficient (Wildman–Crippen LogP) is 22.1. The zero-order chi connectivity index (χ0) is 62.3. The van der Waals surface area contributed by atoms with Crippen LogP contribution >= 0.6 is 0 Å². The highest BCUT2D eigenvalue weighted by atomic mass is 15.2. The van der Waals surface area contributed by atoms with Gasteiger partial charge in [0, 0.05) is 120 Å². The second-order valence-electron chi connectivity index (χ2n) is 28.8. The number of nitrogens with zero attached hydrogens (tertiary/aromatic N) is 4. The van der Waals surface area contributed by atoms with E-state index in [1.165, 1.54) is 133 Å². The van der Waals surface area contributed by atoms with Crippen molar-refractivity contribution in [3.63, 3.8) is 0 Å². The maximum absolute atomic E-state index is 2.73. The lowest BCUT2D eigenvalue weighted by molar-refractivity contribution is 0.201. The summed E-state index contributed by atoms with van der Waals surface area (Å²) in [6.07, 6.45) is 31.0. The van der Waals surface area contributed by atoms with Gasteiger partial charge in [-0.25, -0.2) is 0 Å². The van der Waals surface area contributed by atoms with E-state index in [2.05, 4.69) is 292 Å². The first-order valence-electron chi connectivity index (χ1n) is 34.9. The third-order valence-corrected chi connectivity index (χ3v) is 24.2. The molecule has 1 fully saturated rings. The molecule has 92 heavy (non-hydrogen) atoms. The quantitative estimate of drug-likeness (QED) is 0.118. The van der Waals surface area contributed by atoms with Crippen molar-refractivity contribution in [3.05, 3.63) is 274 Å². The Labute approximate surface area is 544 Å². The Morgan fingerprint density at radius 2 is 1.09 bits per heavy atom. The normalized spacial score (nSPS) is 24.5. The zero-order valence-electron chi connectivity index (χ0n) is 55.0. The van der Waals surface area contributed by atoms with Gasteiger partial charge in [0.15, 0.2) is 0 Å². The van der Waals surface area contributed by atoms with Crippen LogP contribution in [0, 0.1) is 11.3 Å². The molecule has 1 aliphatic heterocycles. The number of fused-ring (bicyclic) bond motifs is 11. The fourth-order valence-corrected chi connectivity index (χ4v) is 19.2. The van der Waals surface area contributed by atoms with Gasteiger partial charge in [-0.2, -0.15) is 0 Å². The third kappa shape index (κ3) is 8.53. The molecule has 0 N–H and O–H groups in total. The van der Waals surface area contributed by atoms with Gasteiger partial charge in [-0.1, -0.05) is 203 Å². The minimum atomic E-state index is -0.296. The maximum atomic E-state index is 2.73. The summed E-state index contributed by atoms with van der Waals surface area (Å²) in [5, 5.41) is 6.68. The number of aromatic nitrogens is 3. The van der Waals surface area contributed by atoms with Crippen molar-refractivity contribution < 1.29 is 0 Å². The van der Waals surface area contributed by atoms with Crippen LogP contribution in [0.3, 0.4) is 0 Å². The summed E-state index contributed by atoms with van der Waals surface area (Å²) in [5.74, 6) is 0.428. The van der Waals surface area contributed by atoms with E-state index in [1.54, 1.807) is 11.3 Å². The van der Waals surface area contributed by atoms with Crippen molar-refractivity contribution in [2.45, 2.75) is 141 Å². The molecule has 6 atom stereocenters. The molecule has 4 heterocycles. The largest absolute Gasteiger partial charge is 0.368 e. The van der Waals surface area contributed by atoms with E-state index in [4.69, 9.17) is 0 Å². The number of rotatable bonds is 11. The van der Waals surface area contributed by atoms with E-state index in [0.29, 0.717) is 12.0 Å². The Morgan fingerprint density at radius 1 is 0.511 bits per heavy atom. The average Bonchev–Trinajstić information content (AvgIpc) is 0.825. The molecule has 6 unspecified atom stereocenters. The molecule has 11 aromatic rings. The van der Waals surface area contributed by atoms with Crippen molar-refractivity contribution in [3.8, 4) is 22.3 Å². The van der Waals surface area contributed by atoms with Gasteiger partial charge in [0.2, 0.25) is 0 Å². The Balaban J connectivity index is 0.803. The predicted molar refractivity (Wildman–Crippen MR) is 389 cm³/mol. The van der Waals surface area contributed by atoms with E-state index >= 15 is 0 Å². The van der Waals surface area contributed by atoms with E-state index < -0.39 is 0 Å². The summed E-state index contributed by atoms with van der Waals surface area (Å²) in [5.41, 5.74) is 27.0. The fourth-order valence-electron chi connectivity index (χ4n) is 19.2. The van der Waals surface area contributed by atoms with Crippen LogP contribution in [0.15, 0.2) is 235 Å². The van der Waals surface area contributed by atoms with Crippen LogP contribution in [-0.4, -0.2) is 31.2 Å². The number of likely N-dealkylation sites (N-methyl/N-ethyl adjacent to an activating group) is 1. The monoisotopic (exact) mass is 1200 g/mol.